The predicted molar refractivity (Wildman–Crippen MR) is 51.9 cm³/mol. The van der Waals surface area contributed by atoms with Crippen LogP contribution >= 0.6 is 0 Å². The van der Waals surface area contributed by atoms with Gasteiger partial charge >= 0.3 is 0 Å². The summed E-state index contributed by atoms with van der Waals surface area (Å²) in [6.07, 6.45) is 0.0729. The van der Waals surface area contributed by atoms with Crippen LogP contribution in [-0.2, 0) is 4.74 Å². The minimum atomic E-state index is 0.0729. The average molecular weight is 175 g/mol. The number of rotatable bonds is 1. The van der Waals surface area contributed by atoms with Crippen LogP contribution in [0.1, 0.15) is 31.1 Å². The molecular formula is C11H13NO. The third-order valence-electron chi connectivity index (χ3n) is 2.36. The number of hydrogen-bond acceptors (Lipinski definition) is 2. The zero-order valence-corrected chi connectivity index (χ0v) is 7.87. The Morgan fingerprint density at radius 2 is 2.00 bits per heavy atom. The van der Waals surface area contributed by atoms with Gasteiger partial charge < -0.3 is 4.74 Å². The molecule has 0 aliphatic carbocycles. The van der Waals surface area contributed by atoms with Gasteiger partial charge in [0.25, 0.3) is 0 Å². The van der Waals surface area contributed by atoms with Gasteiger partial charge in [-0.2, -0.15) is 0 Å². The van der Waals surface area contributed by atoms with Gasteiger partial charge in [-0.3, -0.25) is 5.41 Å². The fourth-order valence-electron chi connectivity index (χ4n) is 1.70. The van der Waals surface area contributed by atoms with Crippen molar-refractivity contribution in [2.45, 2.75) is 20.0 Å². The van der Waals surface area contributed by atoms with Crippen molar-refractivity contribution in [3.63, 3.8) is 0 Å². The number of benzene rings is 1. The molecule has 0 fully saturated rings. The molecule has 68 valence electrons. The Balaban J connectivity index is 2.47. The van der Waals surface area contributed by atoms with Gasteiger partial charge in [0.05, 0.1) is 0 Å². The summed E-state index contributed by atoms with van der Waals surface area (Å²) >= 11 is 0. The molecule has 0 saturated carbocycles. The lowest BCUT2D eigenvalue weighted by molar-refractivity contribution is 0.155. The quantitative estimate of drug-likeness (QED) is 0.699. The zero-order valence-electron chi connectivity index (χ0n) is 7.87. The lowest BCUT2D eigenvalue weighted by Gasteiger charge is -2.14. The maximum atomic E-state index is 7.63. The van der Waals surface area contributed by atoms with Gasteiger partial charge in [-0.1, -0.05) is 32.0 Å². The second-order valence-electron chi connectivity index (χ2n) is 3.70. The molecule has 1 aromatic carbocycles. The molecule has 1 heterocycles. The van der Waals surface area contributed by atoms with Crippen molar-refractivity contribution in [3.8, 4) is 0 Å². The van der Waals surface area contributed by atoms with Crippen LogP contribution < -0.4 is 0 Å². The molecule has 1 aliphatic heterocycles. The smallest absolute Gasteiger partial charge is 0.214 e. The molecule has 0 spiro atoms. The molecule has 1 unspecified atom stereocenters. The minimum absolute atomic E-state index is 0.0729. The van der Waals surface area contributed by atoms with Gasteiger partial charge in [0.2, 0.25) is 5.90 Å². The Morgan fingerprint density at radius 3 is 2.69 bits per heavy atom. The van der Waals surface area contributed by atoms with E-state index in [0.717, 1.165) is 11.1 Å². The summed E-state index contributed by atoms with van der Waals surface area (Å²) in [5.74, 6) is 0.735. The standard InChI is InChI=1S/C11H13NO/c1-7(2)10-8-5-3-4-6-9(8)11(12)13-10/h3-7,10,12H,1-2H3. The summed E-state index contributed by atoms with van der Waals surface area (Å²) in [5.41, 5.74) is 2.10. The van der Waals surface area contributed by atoms with E-state index in [9.17, 15) is 0 Å². The molecule has 1 aromatic rings. The van der Waals surface area contributed by atoms with Crippen molar-refractivity contribution in [1.29, 1.82) is 5.41 Å². The lowest BCUT2D eigenvalue weighted by Crippen LogP contribution is -2.05. The number of nitrogens with one attached hydrogen (secondary N) is 1. The van der Waals surface area contributed by atoms with E-state index in [1.54, 1.807) is 0 Å². The molecular weight excluding hydrogens is 162 g/mol. The topological polar surface area (TPSA) is 33.1 Å². The van der Waals surface area contributed by atoms with Gasteiger partial charge in [0.15, 0.2) is 0 Å². The van der Waals surface area contributed by atoms with E-state index in [1.807, 2.05) is 24.3 Å². The fourth-order valence-corrected chi connectivity index (χ4v) is 1.70. The number of fused-ring (bicyclic) bond motifs is 1. The van der Waals surface area contributed by atoms with E-state index in [-0.39, 0.29) is 6.10 Å². The predicted octanol–water partition coefficient (Wildman–Crippen LogP) is 2.74. The van der Waals surface area contributed by atoms with E-state index in [1.165, 1.54) is 0 Å². The largest absolute Gasteiger partial charge is 0.469 e. The van der Waals surface area contributed by atoms with E-state index in [0.29, 0.717) is 11.8 Å². The van der Waals surface area contributed by atoms with Gasteiger partial charge in [-0.15, -0.1) is 0 Å². The van der Waals surface area contributed by atoms with Crippen molar-refractivity contribution < 1.29 is 4.74 Å². The molecule has 2 heteroatoms. The maximum Gasteiger partial charge on any atom is 0.214 e. The Kier molecular flexibility index (Phi) is 1.83. The molecule has 1 atom stereocenters. The van der Waals surface area contributed by atoms with Gasteiger partial charge in [0, 0.05) is 11.1 Å². The summed E-state index contributed by atoms with van der Waals surface area (Å²) in [7, 11) is 0. The Bertz CT molecular complexity index is 344. The summed E-state index contributed by atoms with van der Waals surface area (Å²) in [4.78, 5) is 0. The second-order valence-corrected chi connectivity index (χ2v) is 3.70. The van der Waals surface area contributed by atoms with Crippen LogP contribution in [0.3, 0.4) is 0 Å². The highest BCUT2D eigenvalue weighted by Crippen LogP contribution is 2.35. The van der Waals surface area contributed by atoms with E-state index >= 15 is 0 Å². The second kappa shape index (κ2) is 2.87. The number of hydrogen-bond donors (Lipinski definition) is 1. The highest BCUT2D eigenvalue weighted by molar-refractivity contribution is 5.95. The monoisotopic (exact) mass is 175 g/mol. The maximum absolute atomic E-state index is 7.63. The van der Waals surface area contributed by atoms with Gasteiger partial charge in [-0.25, -0.2) is 0 Å². The zero-order chi connectivity index (χ0) is 9.42. The van der Waals surface area contributed by atoms with Gasteiger partial charge in [-0.05, 0) is 12.0 Å². The first kappa shape index (κ1) is 8.30. The molecule has 13 heavy (non-hydrogen) atoms. The summed E-state index contributed by atoms with van der Waals surface area (Å²) in [6.45, 7) is 4.22. The van der Waals surface area contributed by atoms with Crippen LogP contribution in [0.15, 0.2) is 24.3 Å². The van der Waals surface area contributed by atoms with Crippen molar-refractivity contribution in [2.24, 2.45) is 5.92 Å². The molecule has 1 N–H and O–H groups in total. The summed E-state index contributed by atoms with van der Waals surface area (Å²) < 4.78 is 5.48. The van der Waals surface area contributed by atoms with Crippen LogP contribution in [0.25, 0.3) is 0 Å². The summed E-state index contributed by atoms with van der Waals surface area (Å²) in [5, 5.41) is 7.63. The molecule has 0 saturated heterocycles. The van der Waals surface area contributed by atoms with Crippen molar-refractivity contribution in [1.82, 2.24) is 0 Å². The van der Waals surface area contributed by atoms with Crippen LogP contribution in [0.5, 0.6) is 0 Å². The minimum Gasteiger partial charge on any atom is -0.469 e. The van der Waals surface area contributed by atoms with Gasteiger partial charge in [0.1, 0.15) is 6.10 Å². The molecule has 2 nitrogen and oxygen atoms in total. The first-order valence-corrected chi connectivity index (χ1v) is 4.54. The normalized spacial score (nSPS) is 20.2. The Labute approximate surface area is 78.0 Å². The molecule has 0 radical (unpaired) electrons. The molecule has 0 bridgehead atoms. The molecule has 2 rings (SSSR count). The van der Waals surface area contributed by atoms with Crippen molar-refractivity contribution in [2.75, 3.05) is 0 Å². The SMILES string of the molecule is CC(C)C1OC(=N)c2ccccc21. The lowest BCUT2D eigenvalue weighted by atomic mass is 9.97. The molecule has 0 aromatic heterocycles. The van der Waals surface area contributed by atoms with Crippen LogP contribution in [0.4, 0.5) is 0 Å². The van der Waals surface area contributed by atoms with Crippen LogP contribution in [0.2, 0.25) is 0 Å². The third kappa shape index (κ3) is 1.22. The Hall–Kier alpha value is -1.31. The third-order valence-corrected chi connectivity index (χ3v) is 2.36. The Morgan fingerprint density at radius 1 is 1.31 bits per heavy atom. The fraction of sp³-hybridized carbons (Fsp3) is 0.364. The van der Waals surface area contributed by atoms with Crippen molar-refractivity contribution in [3.05, 3.63) is 35.4 Å². The van der Waals surface area contributed by atoms with Crippen LogP contribution in [0, 0.1) is 11.3 Å². The first-order valence-electron chi connectivity index (χ1n) is 4.54. The molecule has 1 aliphatic rings. The summed E-state index contributed by atoms with van der Waals surface area (Å²) in [6, 6.07) is 7.93. The highest BCUT2D eigenvalue weighted by atomic mass is 16.5. The van der Waals surface area contributed by atoms with E-state index < -0.39 is 0 Å². The number of ether oxygens (including phenoxy) is 1. The first-order chi connectivity index (χ1) is 6.20. The van der Waals surface area contributed by atoms with Crippen LogP contribution in [-0.4, -0.2) is 5.90 Å². The van der Waals surface area contributed by atoms with E-state index in [2.05, 4.69) is 13.8 Å². The van der Waals surface area contributed by atoms with Crippen molar-refractivity contribution >= 4 is 5.90 Å². The average Bonchev–Trinajstić information content (AvgIpc) is 2.45. The molecule has 0 amide bonds. The highest BCUT2D eigenvalue weighted by Gasteiger charge is 2.29. The van der Waals surface area contributed by atoms with E-state index in [4.69, 9.17) is 10.1 Å².